The number of fused-ring (bicyclic) bond motifs is 1. The van der Waals surface area contributed by atoms with Crippen LogP contribution in [0.4, 0.5) is 0 Å². The van der Waals surface area contributed by atoms with Crippen molar-refractivity contribution in [1.29, 1.82) is 0 Å². The Morgan fingerprint density at radius 3 is 1.86 bits per heavy atom. The van der Waals surface area contributed by atoms with Crippen molar-refractivity contribution in [3.63, 3.8) is 0 Å². The van der Waals surface area contributed by atoms with Crippen LogP contribution in [0.5, 0.6) is 0 Å². The van der Waals surface area contributed by atoms with Crippen molar-refractivity contribution in [2.75, 3.05) is 0 Å². The molecule has 134 valence electrons. The highest BCUT2D eigenvalue weighted by Gasteiger charge is 2.33. The molecule has 0 amide bonds. The highest BCUT2D eigenvalue weighted by molar-refractivity contribution is 4.84. The average Bonchev–Trinajstić information content (AvgIpc) is 2.57. The van der Waals surface area contributed by atoms with E-state index in [1.54, 1.807) is 31.8 Å². The average molecular weight is 311 g/mol. The fourth-order valence-electron chi connectivity index (χ4n) is 3.76. The van der Waals surface area contributed by atoms with Gasteiger partial charge in [0.05, 0.1) is 0 Å². The predicted octanol–water partition coefficient (Wildman–Crippen LogP) is 8.27. The fraction of sp³-hybridized carbons (Fsp3) is 0.909. The molecule has 2 aliphatic carbocycles. The van der Waals surface area contributed by atoms with E-state index in [-0.39, 0.29) is 0 Å². The zero-order valence-electron chi connectivity index (χ0n) is 17.0. The molecule has 0 heterocycles. The maximum Gasteiger partial charge on any atom is -0.0383 e. The molecule has 4 unspecified atom stereocenters. The van der Waals surface area contributed by atoms with Gasteiger partial charge >= 0.3 is 0 Å². The van der Waals surface area contributed by atoms with E-state index in [1.807, 2.05) is 20.8 Å². The molecular formula is C22H46. The molecule has 0 aliphatic heterocycles. The molecule has 0 heteroatoms. The maximum absolute atomic E-state index is 3.36. The standard InChI is InChI=1S/C14H26.C3H8.C3H6.C2H6/c1-3-11(2)13-9-8-12-6-4-5-7-14(12)10-13;2*1-3-2;1-2/h11-14H,3-10H2,1-2H3;3H2,1-2H3;3H,1H2,2H3;1-2H3. The minimum Gasteiger partial charge on any atom is -0.103 e. The minimum absolute atomic E-state index is 0.984. The van der Waals surface area contributed by atoms with E-state index in [0.29, 0.717) is 0 Å². The molecule has 2 saturated carbocycles. The lowest BCUT2D eigenvalue weighted by atomic mass is 9.65. The molecule has 0 saturated heterocycles. The summed E-state index contributed by atoms with van der Waals surface area (Å²) >= 11 is 0. The Kier molecular flexibility index (Phi) is 18.7. The summed E-state index contributed by atoms with van der Waals surface area (Å²) in [6.07, 6.45) is 15.2. The first-order valence-electron chi connectivity index (χ1n) is 10.2. The second-order valence-electron chi connectivity index (χ2n) is 6.88. The van der Waals surface area contributed by atoms with Gasteiger partial charge < -0.3 is 0 Å². The second-order valence-corrected chi connectivity index (χ2v) is 6.88. The van der Waals surface area contributed by atoms with E-state index < -0.39 is 0 Å². The van der Waals surface area contributed by atoms with E-state index in [4.69, 9.17) is 0 Å². The Morgan fingerprint density at radius 2 is 1.41 bits per heavy atom. The zero-order chi connectivity index (χ0) is 17.4. The van der Waals surface area contributed by atoms with Crippen LogP contribution in [0.3, 0.4) is 0 Å². The van der Waals surface area contributed by atoms with Crippen LogP contribution in [-0.2, 0) is 0 Å². The lowest BCUT2D eigenvalue weighted by Gasteiger charge is -2.41. The smallest absolute Gasteiger partial charge is 0.0383 e. The molecule has 2 rings (SSSR count). The highest BCUT2D eigenvalue weighted by atomic mass is 14.4. The van der Waals surface area contributed by atoms with Crippen molar-refractivity contribution < 1.29 is 0 Å². The number of hydrogen-bond acceptors (Lipinski definition) is 0. The van der Waals surface area contributed by atoms with Crippen LogP contribution in [0.15, 0.2) is 12.7 Å². The normalized spacial score (nSPS) is 27.3. The molecule has 0 nitrogen and oxygen atoms in total. The van der Waals surface area contributed by atoms with Gasteiger partial charge in [-0.2, -0.15) is 0 Å². The summed E-state index contributed by atoms with van der Waals surface area (Å²) < 4.78 is 0. The molecule has 0 N–H and O–H groups in total. The molecule has 0 spiro atoms. The Labute approximate surface area is 143 Å². The van der Waals surface area contributed by atoms with Gasteiger partial charge in [-0.25, -0.2) is 0 Å². The Hall–Kier alpha value is -0.260. The molecule has 4 atom stereocenters. The van der Waals surface area contributed by atoms with Crippen LogP contribution in [0.25, 0.3) is 0 Å². The van der Waals surface area contributed by atoms with E-state index in [1.165, 1.54) is 32.1 Å². The van der Waals surface area contributed by atoms with Crippen LogP contribution in [0.1, 0.15) is 106 Å². The van der Waals surface area contributed by atoms with Crippen molar-refractivity contribution in [3.8, 4) is 0 Å². The number of hydrogen-bond donors (Lipinski definition) is 0. The van der Waals surface area contributed by atoms with Crippen molar-refractivity contribution in [2.45, 2.75) is 106 Å². The molecule has 22 heavy (non-hydrogen) atoms. The van der Waals surface area contributed by atoms with Gasteiger partial charge in [-0.3, -0.25) is 0 Å². The van der Waals surface area contributed by atoms with E-state index >= 15 is 0 Å². The molecular weight excluding hydrogens is 264 g/mol. The monoisotopic (exact) mass is 310 g/mol. The Bertz CT molecular complexity index is 218. The van der Waals surface area contributed by atoms with E-state index in [9.17, 15) is 0 Å². The zero-order valence-corrected chi connectivity index (χ0v) is 17.0. The van der Waals surface area contributed by atoms with Crippen molar-refractivity contribution in [3.05, 3.63) is 12.7 Å². The predicted molar refractivity (Wildman–Crippen MR) is 105 cm³/mol. The highest BCUT2D eigenvalue weighted by Crippen LogP contribution is 2.45. The summed E-state index contributed by atoms with van der Waals surface area (Å²) in [6, 6.07) is 0. The second kappa shape index (κ2) is 17.1. The molecule has 0 aromatic carbocycles. The number of rotatable bonds is 2. The van der Waals surface area contributed by atoms with Crippen LogP contribution in [-0.4, -0.2) is 0 Å². The van der Waals surface area contributed by atoms with Crippen LogP contribution >= 0.6 is 0 Å². The SMILES string of the molecule is C=CC.CC.CCC.CCC(C)C1CCC2CCCCC2C1. The molecule has 0 aromatic heterocycles. The van der Waals surface area contributed by atoms with Crippen molar-refractivity contribution in [2.24, 2.45) is 23.7 Å². The first-order valence-corrected chi connectivity index (χ1v) is 10.2. The van der Waals surface area contributed by atoms with Gasteiger partial charge in [-0.05, 0) is 49.9 Å². The van der Waals surface area contributed by atoms with Crippen LogP contribution in [0, 0.1) is 23.7 Å². The van der Waals surface area contributed by atoms with Gasteiger partial charge in [-0.1, -0.05) is 86.1 Å². The number of allylic oxidation sites excluding steroid dienone is 1. The van der Waals surface area contributed by atoms with E-state index in [2.05, 4.69) is 34.3 Å². The molecule has 0 aromatic rings. The molecule has 0 bridgehead atoms. The Balaban J connectivity index is 0. The Morgan fingerprint density at radius 1 is 0.955 bits per heavy atom. The third kappa shape index (κ3) is 10.5. The molecule has 2 aliphatic rings. The third-order valence-electron chi connectivity index (χ3n) is 5.03. The van der Waals surface area contributed by atoms with Crippen LogP contribution in [0.2, 0.25) is 0 Å². The third-order valence-corrected chi connectivity index (χ3v) is 5.03. The van der Waals surface area contributed by atoms with Gasteiger partial charge in [0.15, 0.2) is 0 Å². The lowest BCUT2D eigenvalue weighted by Crippen LogP contribution is -2.30. The maximum atomic E-state index is 3.36. The van der Waals surface area contributed by atoms with Gasteiger partial charge in [0.2, 0.25) is 0 Å². The summed E-state index contributed by atoms with van der Waals surface area (Å²) in [5.74, 6) is 4.30. The lowest BCUT2D eigenvalue weighted by molar-refractivity contribution is 0.103. The van der Waals surface area contributed by atoms with Crippen molar-refractivity contribution >= 4 is 0 Å². The van der Waals surface area contributed by atoms with Gasteiger partial charge in [0.1, 0.15) is 0 Å². The summed E-state index contributed by atoms with van der Waals surface area (Å²) in [7, 11) is 0. The topological polar surface area (TPSA) is 0 Å². The van der Waals surface area contributed by atoms with E-state index in [0.717, 1.165) is 23.7 Å². The summed E-state index contributed by atoms with van der Waals surface area (Å²) in [6.45, 7) is 18.3. The molecule has 0 radical (unpaired) electrons. The minimum atomic E-state index is 0.984. The quantitative estimate of drug-likeness (QED) is 0.450. The first kappa shape index (κ1) is 24.0. The van der Waals surface area contributed by atoms with Crippen molar-refractivity contribution in [1.82, 2.24) is 0 Å². The summed E-state index contributed by atoms with van der Waals surface area (Å²) in [5.41, 5.74) is 0. The summed E-state index contributed by atoms with van der Waals surface area (Å²) in [4.78, 5) is 0. The van der Waals surface area contributed by atoms with Gasteiger partial charge in [-0.15, -0.1) is 6.58 Å². The molecule has 2 fully saturated rings. The first-order chi connectivity index (χ1) is 10.6. The fourth-order valence-corrected chi connectivity index (χ4v) is 3.76. The van der Waals surface area contributed by atoms with Gasteiger partial charge in [0, 0.05) is 0 Å². The largest absolute Gasteiger partial charge is 0.103 e. The summed E-state index contributed by atoms with van der Waals surface area (Å²) in [5, 5.41) is 0. The van der Waals surface area contributed by atoms with Gasteiger partial charge in [0.25, 0.3) is 0 Å². The van der Waals surface area contributed by atoms with Crippen LogP contribution < -0.4 is 0 Å².